The van der Waals surface area contributed by atoms with Crippen molar-refractivity contribution in [2.24, 2.45) is 4.99 Å². The van der Waals surface area contributed by atoms with E-state index < -0.39 is 0 Å². The molecule has 0 fully saturated rings. The number of thiazole rings is 1. The van der Waals surface area contributed by atoms with E-state index in [1.807, 2.05) is 36.5 Å². The van der Waals surface area contributed by atoms with Gasteiger partial charge in [0, 0.05) is 36.7 Å². The number of rotatable bonds is 6. The van der Waals surface area contributed by atoms with Gasteiger partial charge in [0.2, 0.25) is 5.89 Å². The topological polar surface area (TPSA) is 75.3 Å². The van der Waals surface area contributed by atoms with Gasteiger partial charge in [0.1, 0.15) is 6.26 Å². The van der Waals surface area contributed by atoms with E-state index in [1.165, 1.54) is 4.88 Å². The van der Waals surface area contributed by atoms with Crippen LogP contribution in [0.4, 0.5) is 0 Å². The lowest BCUT2D eigenvalue weighted by Gasteiger charge is -2.09. The van der Waals surface area contributed by atoms with Crippen LogP contribution in [0, 0.1) is 6.92 Å². The van der Waals surface area contributed by atoms with Crippen LogP contribution in [0.3, 0.4) is 0 Å². The lowest BCUT2D eigenvalue weighted by molar-refractivity contribution is 0.572. The molecular formula is C18H22IN5OS. The molecule has 3 rings (SSSR count). The Balaban J connectivity index is 0.00000243. The summed E-state index contributed by atoms with van der Waals surface area (Å²) < 4.78 is 5.54. The Morgan fingerprint density at radius 2 is 2.04 bits per heavy atom. The minimum atomic E-state index is 0. The zero-order valence-electron chi connectivity index (χ0n) is 14.7. The average molecular weight is 483 g/mol. The summed E-state index contributed by atoms with van der Waals surface area (Å²) in [6, 6.07) is 9.85. The number of nitrogens with zero attached hydrogens (tertiary/aromatic N) is 3. The van der Waals surface area contributed by atoms with E-state index in [-0.39, 0.29) is 24.0 Å². The molecular weight excluding hydrogens is 461 g/mol. The second-order valence-electron chi connectivity index (χ2n) is 5.48. The first-order valence-electron chi connectivity index (χ1n) is 8.10. The Morgan fingerprint density at radius 1 is 1.23 bits per heavy atom. The zero-order valence-corrected chi connectivity index (χ0v) is 17.9. The smallest absolute Gasteiger partial charge is 0.226 e. The van der Waals surface area contributed by atoms with Crippen molar-refractivity contribution in [2.75, 3.05) is 13.6 Å². The Morgan fingerprint density at radius 3 is 2.73 bits per heavy atom. The number of oxazole rings is 1. The molecule has 2 aromatic heterocycles. The monoisotopic (exact) mass is 483 g/mol. The molecule has 0 aliphatic carbocycles. The molecule has 0 spiro atoms. The number of benzene rings is 1. The molecule has 0 amide bonds. The minimum absolute atomic E-state index is 0. The van der Waals surface area contributed by atoms with Gasteiger partial charge in [-0.1, -0.05) is 18.2 Å². The first-order chi connectivity index (χ1) is 12.2. The van der Waals surface area contributed by atoms with Crippen LogP contribution >= 0.6 is 35.3 Å². The van der Waals surface area contributed by atoms with Crippen LogP contribution < -0.4 is 10.6 Å². The number of aliphatic imine (C=N–C) groups is 1. The maximum Gasteiger partial charge on any atom is 0.226 e. The highest BCUT2D eigenvalue weighted by Crippen LogP contribution is 2.17. The van der Waals surface area contributed by atoms with Crippen molar-refractivity contribution in [3.8, 4) is 11.5 Å². The van der Waals surface area contributed by atoms with E-state index in [4.69, 9.17) is 4.42 Å². The van der Waals surface area contributed by atoms with Crippen molar-refractivity contribution < 1.29 is 4.42 Å². The van der Waals surface area contributed by atoms with Crippen LogP contribution in [0.25, 0.3) is 11.5 Å². The predicted molar refractivity (Wildman–Crippen MR) is 116 cm³/mol. The van der Waals surface area contributed by atoms with Gasteiger partial charge >= 0.3 is 0 Å². The van der Waals surface area contributed by atoms with E-state index in [2.05, 4.69) is 32.5 Å². The van der Waals surface area contributed by atoms with Crippen LogP contribution in [-0.2, 0) is 13.0 Å². The summed E-state index contributed by atoms with van der Waals surface area (Å²) in [6.07, 6.45) is 4.45. The van der Waals surface area contributed by atoms with Gasteiger partial charge in [0.05, 0.1) is 17.2 Å². The maximum absolute atomic E-state index is 5.54. The average Bonchev–Trinajstić information content (AvgIpc) is 3.28. The van der Waals surface area contributed by atoms with Gasteiger partial charge in [-0.25, -0.2) is 9.97 Å². The second-order valence-corrected chi connectivity index (χ2v) is 6.80. The SMILES string of the molecule is CN=C(NCCc1ncc(C)s1)NCc1coc(-c2ccccc2)n1.I. The van der Waals surface area contributed by atoms with Crippen LogP contribution in [0.2, 0.25) is 0 Å². The number of halogens is 1. The molecule has 2 N–H and O–H groups in total. The number of aromatic nitrogens is 2. The van der Waals surface area contributed by atoms with E-state index in [1.54, 1.807) is 24.6 Å². The van der Waals surface area contributed by atoms with Gasteiger partial charge in [0.15, 0.2) is 5.96 Å². The molecule has 6 nitrogen and oxygen atoms in total. The molecule has 2 heterocycles. The van der Waals surface area contributed by atoms with E-state index in [9.17, 15) is 0 Å². The zero-order chi connectivity index (χ0) is 17.5. The van der Waals surface area contributed by atoms with Gasteiger partial charge in [-0.2, -0.15) is 0 Å². The molecule has 0 aliphatic rings. The van der Waals surface area contributed by atoms with Gasteiger partial charge in [-0.05, 0) is 19.1 Å². The third-order valence-corrected chi connectivity index (χ3v) is 4.51. The van der Waals surface area contributed by atoms with Gasteiger partial charge in [0.25, 0.3) is 0 Å². The molecule has 0 aliphatic heterocycles. The first-order valence-corrected chi connectivity index (χ1v) is 8.92. The quantitative estimate of drug-likeness (QED) is 0.318. The van der Waals surface area contributed by atoms with Crippen molar-refractivity contribution >= 4 is 41.3 Å². The summed E-state index contributed by atoms with van der Waals surface area (Å²) in [7, 11) is 1.75. The molecule has 0 saturated heterocycles. The second kappa shape index (κ2) is 10.3. The number of aryl methyl sites for hydroxylation is 1. The summed E-state index contributed by atoms with van der Waals surface area (Å²) in [6.45, 7) is 3.39. The van der Waals surface area contributed by atoms with Gasteiger partial charge < -0.3 is 15.1 Å². The van der Waals surface area contributed by atoms with Crippen molar-refractivity contribution in [1.82, 2.24) is 20.6 Å². The predicted octanol–water partition coefficient (Wildman–Crippen LogP) is 3.63. The molecule has 138 valence electrons. The summed E-state index contributed by atoms with van der Waals surface area (Å²) in [4.78, 5) is 14.3. The van der Waals surface area contributed by atoms with Crippen LogP contribution in [0.1, 0.15) is 15.6 Å². The lowest BCUT2D eigenvalue weighted by atomic mass is 10.2. The Hall–Kier alpha value is -1.94. The van der Waals surface area contributed by atoms with Crippen molar-refractivity contribution in [1.29, 1.82) is 0 Å². The van der Waals surface area contributed by atoms with E-state index >= 15 is 0 Å². The van der Waals surface area contributed by atoms with E-state index in [0.717, 1.165) is 35.2 Å². The summed E-state index contributed by atoms with van der Waals surface area (Å²) in [5, 5.41) is 7.65. The normalized spacial score (nSPS) is 11.1. The van der Waals surface area contributed by atoms with Crippen LogP contribution in [0.15, 0.2) is 52.2 Å². The molecule has 3 aromatic rings. The molecule has 0 atom stereocenters. The highest BCUT2D eigenvalue weighted by Gasteiger charge is 2.07. The van der Waals surface area contributed by atoms with E-state index in [0.29, 0.717) is 12.4 Å². The number of hydrogen-bond acceptors (Lipinski definition) is 5. The molecule has 1 aromatic carbocycles. The Kier molecular flexibility index (Phi) is 8.05. The minimum Gasteiger partial charge on any atom is -0.444 e. The van der Waals surface area contributed by atoms with Crippen molar-refractivity contribution in [3.63, 3.8) is 0 Å². The van der Waals surface area contributed by atoms with Crippen LogP contribution in [0.5, 0.6) is 0 Å². The molecule has 0 unspecified atom stereocenters. The Bertz CT molecular complexity index is 831. The number of guanidine groups is 1. The highest BCUT2D eigenvalue weighted by molar-refractivity contribution is 14.0. The fourth-order valence-corrected chi connectivity index (χ4v) is 3.09. The number of nitrogens with one attached hydrogen (secondary N) is 2. The highest BCUT2D eigenvalue weighted by atomic mass is 127. The largest absolute Gasteiger partial charge is 0.444 e. The maximum atomic E-state index is 5.54. The third kappa shape index (κ3) is 5.80. The summed E-state index contributed by atoms with van der Waals surface area (Å²) >= 11 is 1.72. The molecule has 8 heteroatoms. The Labute approximate surface area is 174 Å². The summed E-state index contributed by atoms with van der Waals surface area (Å²) in [5.41, 5.74) is 1.80. The van der Waals surface area contributed by atoms with Gasteiger partial charge in [-0.15, -0.1) is 35.3 Å². The van der Waals surface area contributed by atoms with Crippen molar-refractivity contribution in [3.05, 3.63) is 58.4 Å². The molecule has 0 saturated carbocycles. The fourth-order valence-electron chi connectivity index (χ4n) is 2.30. The van der Waals surface area contributed by atoms with Gasteiger partial charge in [-0.3, -0.25) is 4.99 Å². The first kappa shape index (κ1) is 20.4. The molecule has 0 bridgehead atoms. The van der Waals surface area contributed by atoms with Crippen molar-refractivity contribution in [2.45, 2.75) is 19.9 Å². The standard InChI is InChI=1S/C18H21N5OS.HI/c1-13-10-21-16(25-13)8-9-20-18(19-2)22-11-15-12-24-17(23-15)14-6-4-3-5-7-14;/h3-7,10,12H,8-9,11H2,1-2H3,(H2,19,20,22);1H. The molecule has 26 heavy (non-hydrogen) atoms. The van der Waals surface area contributed by atoms with Crippen LogP contribution in [-0.4, -0.2) is 29.5 Å². The fraction of sp³-hybridized carbons (Fsp3) is 0.278. The molecule has 0 radical (unpaired) electrons. The number of hydrogen-bond donors (Lipinski definition) is 2. The third-order valence-electron chi connectivity index (χ3n) is 3.53. The summed E-state index contributed by atoms with van der Waals surface area (Å²) in [5.74, 6) is 1.36. The lowest BCUT2D eigenvalue weighted by Crippen LogP contribution is -2.37.